The third kappa shape index (κ3) is 5.29. The maximum Gasteiger partial charge on any atom is 0.240 e. The van der Waals surface area contributed by atoms with E-state index in [1.807, 2.05) is 49.1 Å². The first-order valence-corrected chi connectivity index (χ1v) is 11.0. The number of nitrogens with one attached hydrogen (secondary N) is 2. The zero-order chi connectivity index (χ0) is 22.7. The molecule has 8 nitrogen and oxygen atoms in total. The molecule has 1 aromatic heterocycles. The maximum absolute atomic E-state index is 13.0. The van der Waals surface area contributed by atoms with E-state index in [0.29, 0.717) is 11.6 Å². The van der Waals surface area contributed by atoms with E-state index in [-0.39, 0.29) is 36.3 Å². The quantitative estimate of drug-likeness (QED) is 0.713. The second kappa shape index (κ2) is 9.57. The van der Waals surface area contributed by atoms with Crippen LogP contribution in [0.1, 0.15) is 35.5 Å². The van der Waals surface area contributed by atoms with Gasteiger partial charge in [-0.3, -0.25) is 19.3 Å². The number of anilines is 1. The number of thiazole rings is 1. The Balaban J connectivity index is 1.91. The van der Waals surface area contributed by atoms with Crippen molar-refractivity contribution in [2.45, 2.75) is 45.3 Å². The van der Waals surface area contributed by atoms with Gasteiger partial charge in [-0.05, 0) is 25.8 Å². The van der Waals surface area contributed by atoms with Gasteiger partial charge in [0, 0.05) is 25.9 Å². The van der Waals surface area contributed by atoms with Crippen molar-refractivity contribution in [2.75, 3.05) is 26.0 Å². The molecular weight excluding hydrogens is 414 g/mol. The summed E-state index contributed by atoms with van der Waals surface area (Å²) in [5.74, 6) is -0.501. The number of benzene rings is 1. The average molecular weight is 444 g/mol. The highest BCUT2D eigenvalue weighted by Crippen LogP contribution is 2.37. The Morgan fingerprint density at radius 2 is 1.87 bits per heavy atom. The predicted octanol–water partition coefficient (Wildman–Crippen LogP) is 2.11. The maximum atomic E-state index is 13.0. The molecule has 1 aliphatic rings. The number of likely N-dealkylation sites (N-methyl/N-ethyl adjacent to an activating group) is 1. The number of aromatic nitrogens is 1. The van der Waals surface area contributed by atoms with Crippen molar-refractivity contribution in [2.24, 2.45) is 0 Å². The van der Waals surface area contributed by atoms with Gasteiger partial charge in [0.1, 0.15) is 0 Å². The van der Waals surface area contributed by atoms with E-state index >= 15 is 0 Å². The fraction of sp³-hybridized carbons (Fsp3) is 0.455. The molecule has 0 saturated carbocycles. The Morgan fingerprint density at radius 1 is 1.19 bits per heavy atom. The van der Waals surface area contributed by atoms with Gasteiger partial charge in [-0.25, -0.2) is 4.98 Å². The van der Waals surface area contributed by atoms with Crippen LogP contribution in [0.4, 0.5) is 5.13 Å². The number of hydrogen-bond acceptors (Lipinski definition) is 6. The van der Waals surface area contributed by atoms with Gasteiger partial charge < -0.3 is 15.5 Å². The van der Waals surface area contributed by atoms with Gasteiger partial charge in [0.2, 0.25) is 17.7 Å². The average Bonchev–Trinajstić information content (AvgIpc) is 3.20. The van der Waals surface area contributed by atoms with Gasteiger partial charge in [0.15, 0.2) is 5.13 Å². The van der Waals surface area contributed by atoms with E-state index in [1.54, 1.807) is 14.1 Å². The largest absolute Gasteiger partial charge is 0.352 e. The van der Waals surface area contributed by atoms with E-state index in [2.05, 4.69) is 15.6 Å². The molecule has 2 heterocycles. The number of carbonyl (C=O) groups is 3. The summed E-state index contributed by atoms with van der Waals surface area (Å²) in [6.45, 7) is 5.33. The molecule has 1 saturated heterocycles. The normalized spacial score (nSPS) is 21.0. The van der Waals surface area contributed by atoms with Crippen LogP contribution in [0.3, 0.4) is 0 Å². The number of amides is 3. The molecule has 1 fully saturated rings. The van der Waals surface area contributed by atoms with Crippen LogP contribution in [-0.2, 0) is 14.4 Å². The molecule has 3 rings (SSSR count). The van der Waals surface area contributed by atoms with Gasteiger partial charge in [0.25, 0.3) is 0 Å². The number of likely N-dealkylation sites (tertiary alicyclic amines) is 1. The minimum absolute atomic E-state index is 0.0115. The first-order chi connectivity index (χ1) is 14.7. The predicted molar refractivity (Wildman–Crippen MR) is 121 cm³/mol. The molecule has 3 amide bonds. The molecule has 31 heavy (non-hydrogen) atoms. The summed E-state index contributed by atoms with van der Waals surface area (Å²) in [6.07, 6.45) is 0.429. The van der Waals surface area contributed by atoms with Crippen LogP contribution in [0, 0.1) is 13.8 Å². The number of carbonyl (C=O) groups excluding carboxylic acids is 3. The van der Waals surface area contributed by atoms with Crippen LogP contribution in [0.2, 0.25) is 0 Å². The van der Waals surface area contributed by atoms with Crippen molar-refractivity contribution in [3.63, 3.8) is 0 Å². The summed E-state index contributed by atoms with van der Waals surface area (Å²) < 4.78 is 0. The third-order valence-electron chi connectivity index (χ3n) is 5.47. The third-order valence-corrected chi connectivity index (χ3v) is 6.46. The lowest BCUT2D eigenvalue weighted by Crippen LogP contribution is -2.46. The minimum atomic E-state index is -0.525. The minimum Gasteiger partial charge on any atom is -0.352 e. The second-order valence-corrected chi connectivity index (χ2v) is 9.23. The highest BCUT2D eigenvalue weighted by molar-refractivity contribution is 7.15. The molecule has 2 N–H and O–H groups in total. The number of rotatable bonds is 6. The first-order valence-electron chi connectivity index (χ1n) is 10.2. The Hall–Kier alpha value is -2.78. The van der Waals surface area contributed by atoms with Gasteiger partial charge in [0.05, 0.1) is 30.4 Å². The fourth-order valence-corrected chi connectivity index (χ4v) is 4.83. The van der Waals surface area contributed by atoms with Crippen molar-refractivity contribution in [3.05, 3.63) is 46.5 Å². The lowest BCUT2D eigenvalue weighted by Gasteiger charge is -2.31. The van der Waals surface area contributed by atoms with Gasteiger partial charge in [-0.2, -0.15) is 0 Å². The SMILES string of the molecule is CC(=O)N[C@H]1C[C@@H](C(=O)N(C)C)N(CC(=O)Nc2nc(C)c(C)s2)[C@H]1c1ccccc1. The van der Waals surface area contributed by atoms with Crippen molar-refractivity contribution >= 4 is 34.2 Å². The van der Waals surface area contributed by atoms with E-state index in [9.17, 15) is 14.4 Å². The summed E-state index contributed by atoms with van der Waals surface area (Å²) in [4.78, 5) is 46.6. The van der Waals surface area contributed by atoms with E-state index < -0.39 is 6.04 Å². The smallest absolute Gasteiger partial charge is 0.240 e. The molecule has 166 valence electrons. The van der Waals surface area contributed by atoms with Gasteiger partial charge >= 0.3 is 0 Å². The second-order valence-electron chi connectivity index (χ2n) is 8.03. The van der Waals surface area contributed by atoms with E-state index in [4.69, 9.17) is 0 Å². The van der Waals surface area contributed by atoms with Crippen LogP contribution in [0.15, 0.2) is 30.3 Å². The molecular formula is C22H29N5O3S. The molecule has 9 heteroatoms. The van der Waals surface area contributed by atoms with Crippen LogP contribution in [0.25, 0.3) is 0 Å². The molecule has 1 aliphatic heterocycles. The van der Waals surface area contributed by atoms with Gasteiger partial charge in [-0.15, -0.1) is 11.3 Å². The molecule has 3 atom stereocenters. The number of aryl methyl sites for hydroxylation is 2. The molecule has 2 aromatic rings. The summed E-state index contributed by atoms with van der Waals surface area (Å²) in [5, 5.41) is 6.39. The Kier molecular flexibility index (Phi) is 7.07. The number of hydrogen-bond donors (Lipinski definition) is 2. The summed E-state index contributed by atoms with van der Waals surface area (Å²) in [7, 11) is 3.40. The Labute approximate surface area is 186 Å². The van der Waals surface area contributed by atoms with Crippen LogP contribution in [0.5, 0.6) is 0 Å². The molecule has 0 unspecified atom stereocenters. The standard InChI is InChI=1S/C22H29N5O3S/c1-13-14(2)31-22(23-13)25-19(29)12-27-18(21(30)26(4)5)11-17(24-15(3)28)20(27)16-9-7-6-8-10-16/h6-10,17-18,20H,11-12H2,1-5H3,(H,24,28)(H,23,25,29)/t17-,18-,20-/m0/s1. The Bertz CT molecular complexity index is 940. The molecule has 0 bridgehead atoms. The summed E-state index contributed by atoms with van der Waals surface area (Å²) in [6, 6.07) is 8.55. The molecule has 0 radical (unpaired) electrons. The highest BCUT2D eigenvalue weighted by atomic mass is 32.1. The van der Waals surface area contributed by atoms with E-state index in [1.165, 1.54) is 23.2 Å². The van der Waals surface area contributed by atoms with E-state index in [0.717, 1.165) is 16.1 Å². The zero-order valence-electron chi connectivity index (χ0n) is 18.5. The van der Waals surface area contributed by atoms with Crippen LogP contribution < -0.4 is 10.6 Å². The van der Waals surface area contributed by atoms with Gasteiger partial charge in [-0.1, -0.05) is 30.3 Å². The van der Waals surface area contributed by atoms with Crippen molar-refractivity contribution < 1.29 is 14.4 Å². The molecule has 1 aromatic carbocycles. The van der Waals surface area contributed by atoms with Crippen molar-refractivity contribution in [1.29, 1.82) is 0 Å². The lowest BCUT2D eigenvalue weighted by atomic mass is 9.99. The van der Waals surface area contributed by atoms with Crippen molar-refractivity contribution in [1.82, 2.24) is 20.1 Å². The first kappa shape index (κ1) is 22.9. The molecule has 0 spiro atoms. The topological polar surface area (TPSA) is 94.6 Å². The summed E-state index contributed by atoms with van der Waals surface area (Å²) in [5.41, 5.74) is 1.83. The monoisotopic (exact) mass is 443 g/mol. The number of nitrogens with zero attached hydrogens (tertiary/aromatic N) is 3. The molecule has 0 aliphatic carbocycles. The Morgan fingerprint density at radius 3 is 2.42 bits per heavy atom. The fourth-order valence-electron chi connectivity index (χ4n) is 4.00. The van der Waals surface area contributed by atoms with Crippen LogP contribution in [-0.4, -0.2) is 65.2 Å². The summed E-state index contributed by atoms with van der Waals surface area (Å²) >= 11 is 1.42. The highest BCUT2D eigenvalue weighted by Gasteiger charge is 2.46. The van der Waals surface area contributed by atoms with Crippen molar-refractivity contribution in [3.8, 4) is 0 Å². The zero-order valence-corrected chi connectivity index (χ0v) is 19.3. The lowest BCUT2D eigenvalue weighted by molar-refractivity contribution is -0.134. The van der Waals surface area contributed by atoms with Crippen LogP contribution >= 0.6 is 11.3 Å².